The third-order valence-corrected chi connectivity index (χ3v) is 3.93. The van der Waals surface area contributed by atoms with E-state index in [4.69, 9.17) is 16.3 Å². The molecule has 0 unspecified atom stereocenters. The number of esters is 1. The van der Waals surface area contributed by atoms with E-state index in [-0.39, 0.29) is 11.4 Å². The smallest absolute Gasteiger partial charge is 0.358 e. The summed E-state index contributed by atoms with van der Waals surface area (Å²) in [6.07, 6.45) is 0. The first-order valence-corrected chi connectivity index (χ1v) is 7.76. The maximum Gasteiger partial charge on any atom is 0.358 e. The van der Waals surface area contributed by atoms with Crippen molar-refractivity contribution in [2.45, 2.75) is 20.4 Å². The minimum atomic E-state index is -0.454. The number of aryl methyl sites for hydroxylation is 1. The molecular formula is C14H14ClIN2O3. The molecule has 112 valence electrons. The average molecular weight is 421 g/mol. The fraction of sp³-hybridized carbons (Fsp3) is 0.286. The fourth-order valence-electron chi connectivity index (χ4n) is 1.88. The molecule has 1 heterocycles. The van der Waals surface area contributed by atoms with Crippen molar-refractivity contribution in [3.8, 4) is 5.75 Å². The van der Waals surface area contributed by atoms with Crippen molar-refractivity contribution in [1.82, 2.24) is 9.78 Å². The Hall–Kier alpha value is -1.28. The molecule has 5 nitrogen and oxygen atoms in total. The number of hydrogen-bond donors (Lipinski definition) is 1. The minimum absolute atomic E-state index is 0.174. The lowest BCUT2D eigenvalue weighted by Crippen LogP contribution is -2.08. The lowest BCUT2D eigenvalue weighted by atomic mass is 10.2. The molecule has 0 fully saturated rings. The van der Waals surface area contributed by atoms with Gasteiger partial charge in [0.2, 0.25) is 0 Å². The molecule has 0 saturated carbocycles. The Morgan fingerprint density at radius 3 is 2.86 bits per heavy atom. The SMILES string of the molecule is CCOC(=O)c1cc(C)n(Cc2cc(Cl)cc(I)c2O)n1. The number of aromatic hydroxyl groups is 1. The van der Waals surface area contributed by atoms with Crippen LogP contribution in [0.4, 0.5) is 0 Å². The van der Waals surface area contributed by atoms with E-state index in [0.29, 0.717) is 27.3 Å². The van der Waals surface area contributed by atoms with Gasteiger partial charge < -0.3 is 9.84 Å². The van der Waals surface area contributed by atoms with E-state index >= 15 is 0 Å². The van der Waals surface area contributed by atoms with Crippen LogP contribution in [-0.4, -0.2) is 27.5 Å². The van der Waals surface area contributed by atoms with Gasteiger partial charge in [0.05, 0.1) is 16.7 Å². The van der Waals surface area contributed by atoms with E-state index in [1.54, 1.807) is 29.8 Å². The van der Waals surface area contributed by atoms with Gasteiger partial charge in [-0.2, -0.15) is 5.10 Å². The monoisotopic (exact) mass is 420 g/mol. The summed E-state index contributed by atoms with van der Waals surface area (Å²) in [5.41, 5.74) is 1.70. The van der Waals surface area contributed by atoms with Crippen LogP contribution in [0.15, 0.2) is 18.2 Å². The topological polar surface area (TPSA) is 64.3 Å². The summed E-state index contributed by atoms with van der Waals surface area (Å²) < 4.78 is 7.23. The number of phenolic OH excluding ortho intramolecular Hbond substituents is 1. The number of hydrogen-bond acceptors (Lipinski definition) is 4. The summed E-state index contributed by atoms with van der Waals surface area (Å²) in [4.78, 5) is 11.7. The fourth-order valence-corrected chi connectivity index (χ4v) is 2.98. The van der Waals surface area contributed by atoms with Crippen LogP contribution in [0.3, 0.4) is 0 Å². The molecule has 0 spiro atoms. The minimum Gasteiger partial charge on any atom is -0.506 e. The van der Waals surface area contributed by atoms with Gasteiger partial charge in [-0.15, -0.1) is 0 Å². The Morgan fingerprint density at radius 2 is 2.19 bits per heavy atom. The second-order valence-electron chi connectivity index (χ2n) is 4.44. The van der Waals surface area contributed by atoms with Crippen molar-refractivity contribution >= 4 is 40.2 Å². The van der Waals surface area contributed by atoms with Gasteiger partial charge >= 0.3 is 5.97 Å². The normalized spacial score (nSPS) is 10.7. The van der Waals surface area contributed by atoms with Crippen molar-refractivity contribution in [1.29, 1.82) is 0 Å². The Balaban J connectivity index is 2.30. The molecule has 0 radical (unpaired) electrons. The summed E-state index contributed by atoms with van der Waals surface area (Å²) in [5, 5.41) is 14.8. The largest absolute Gasteiger partial charge is 0.506 e. The highest BCUT2D eigenvalue weighted by atomic mass is 127. The first-order chi connectivity index (χ1) is 9.92. The molecule has 2 rings (SSSR count). The molecule has 1 aromatic heterocycles. The summed E-state index contributed by atoms with van der Waals surface area (Å²) in [5.74, 6) is -0.281. The predicted molar refractivity (Wildman–Crippen MR) is 87.9 cm³/mol. The molecule has 7 heteroatoms. The van der Waals surface area contributed by atoms with Crippen LogP contribution >= 0.6 is 34.2 Å². The Kier molecular flexibility index (Phi) is 5.10. The number of aromatic nitrogens is 2. The summed E-state index contributed by atoms with van der Waals surface area (Å²) in [6, 6.07) is 5.02. The summed E-state index contributed by atoms with van der Waals surface area (Å²) in [6.45, 7) is 4.21. The first kappa shape index (κ1) is 16.1. The lowest BCUT2D eigenvalue weighted by Gasteiger charge is -2.09. The molecule has 0 aliphatic carbocycles. The van der Waals surface area contributed by atoms with E-state index in [1.807, 2.05) is 29.5 Å². The van der Waals surface area contributed by atoms with E-state index in [1.165, 1.54) is 0 Å². The number of ether oxygens (including phenoxy) is 1. The highest BCUT2D eigenvalue weighted by Gasteiger charge is 2.15. The molecule has 1 aromatic carbocycles. The van der Waals surface area contributed by atoms with Gasteiger partial charge in [0.15, 0.2) is 5.69 Å². The molecular weight excluding hydrogens is 407 g/mol. The van der Waals surface area contributed by atoms with Gasteiger partial charge in [-0.3, -0.25) is 4.68 Å². The second kappa shape index (κ2) is 6.65. The molecule has 0 saturated heterocycles. The number of rotatable bonds is 4. The van der Waals surface area contributed by atoms with Gasteiger partial charge in [-0.25, -0.2) is 4.79 Å². The second-order valence-corrected chi connectivity index (χ2v) is 6.04. The lowest BCUT2D eigenvalue weighted by molar-refractivity contribution is 0.0518. The van der Waals surface area contributed by atoms with Crippen molar-refractivity contribution in [3.63, 3.8) is 0 Å². The number of phenols is 1. The molecule has 0 aliphatic rings. The first-order valence-electron chi connectivity index (χ1n) is 6.30. The summed E-state index contributed by atoms with van der Waals surface area (Å²) in [7, 11) is 0. The number of carbonyl (C=O) groups is 1. The number of halogens is 2. The predicted octanol–water partition coefficient (Wildman–Crippen LogP) is 3.38. The molecule has 0 atom stereocenters. The zero-order valence-corrected chi connectivity index (χ0v) is 14.5. The van der Waals surface area contributed by atoms with Crippen LogP contribution in [-0.2, 0) is 11.3 Å². The van der Waals surface area contributed by atoms with E-state index in [2.05, 4.69) is 5.10 Å². The standard InChI is InChI=1S/C14H14ClIN2O3/c1-3-21-14(20)12-4-8(2)18(17-12)7-9-5-10(15)6-11(16)13(9)19/h4-6,19H,3,7H2,1-2H3. The maximum atomic E-state index is 11.7. The van der Waals surface area contributed by atoms with Gasteiger partial charge in [0.25, 0.3) is 0 Å². The summed E-state index contributed by atoms with van der Waals surface area (Å²) >= 11 is 8.02. The highest BCUT2D eigenvalue weighted by molar-refractivity contribution is 14.1. The average Bonchev–Trinajstić information content (AvgIpc) is 2.77. The van der Waals surface area contributed by atoms with Gasteiger partial charge in [-0.1, -0.05) is 11.6 Å². The van der Waals surface area contributed by atoms with Crippen molar-refractivity contribution in [3.05, 3.63) is 43.7 Å². The van der Waals surface area contributed by atoms with Crippen LogP contribution < -0.4 is 0 Å². The van der Waals surface area contributed by atoms with Crippen molar-refractivity contribution in [2.24, 2.45) is 0 Å². The van der Waals surface area contributed by atoms with Crippen LogP contribution in [0.1, 0.15) is 28.7 Å². The van der Waals surface area contributed by atoms with Gasteiger partial charge in [0, 0.05) is 16.3 Å². The molecule has 1 N–H and O–H groups in total. The van der Waals surface area contributed by atoms with E-state index in [0.717, 1.165) is 5.69 Å². The van der Waals surface area contributed by atoms with Crippen LogP contribution in [0, 0.1) is 10.5 Å². The van der Waals surface area contributed by atoms with Crippen LogP contribution in [0.5, 0.6) is 5.75 Å². The molecule has 0 amide bonds. The quantitative estimate of drug-likeness (QED) is 0.608. The third-order valence-electron chi connectivity index (χ3n) is 2.89. The Bertz CT molecular complexity index is 685. The van der Waals surface area contributed by atoms with Gasteiger partial charge in [-0.05, 0) is 54.6 Å². The molecule has 21 heavy (non-hydrogen) atoms. The highest BCUT2D eigenvalue weighted by Crippen LogP contribution is 2.29. The zero-order chi connectivity index (χ0) is 15.6. The maximum absolute atomic E-state index is 11.7. The van der Waals surface area contributed by atoms with Crippen molar-refractivity contribution < 1.29 is 14.6 Å². The number of nitrogens with zero attached hydrogens (tertiary/aromatic N) is 2. The van der Waals surface area contributed by atoms with E-state index in [9.17, 15) is 9.90 Å². The molecule has 0 bridgehead atoms. The van der Waals surface area contributed by atoms with E-state index < -0.39 is 5.97 Å². The van der Waals surface area contributed by atoms with Gasteiger partial charge in [0.1, 0.15) is 5.75 Å². The molecule has 0 aliphatic heterocycles. The Labute approximate surface area is 141 Å². The number of benzene rings is 1. The molecule has 2 aromatic rings. The van der Waals surface area contributed by atoms with Crippen LogP contribution in [0.25, 0.3) is 0 Å². The third kappa shape index (κ3) is 3.68. The number of carbonyl (C=O) groups excluding carboxylic acids is 1. The van der Waals surface area contributed by atoms with Crippen LogP contribution in [0.2, 0.25) is 5.02 Å². The zero-order valence-electron chi connectivity index (χ0n) is 11.6. The van der Waals surface area contributed by atoms with Crippen molar-refractivity contribution in [2.75, 3.05) is 6.61 Å². The Morgan fingerprint density at radius 1 is 1.48 bits per heavy atom.